The quantitative estimate of drug-likeness (QED) is 0.327. The van der Waals surface area contributed by atoms with Crippen LogP contribution in [0.3, 0.4) is 0 Å². The normalized spacial score (nSPS) is 10.4. The molecular weight excluding hydrogens is 298 g/mol. The lowest BCUT2D eigenvalue weighted by atomic mass is 10.2. The Morgan fingerprint density at radius 1 is 1.30 bits per heavy atom. The molecule has 0 bridgehead atoms. The van der Waals surface area contributed by atoms with Crippen LogP contribution in [0.15, 0.2) is 36.0 Å². The first-order valence-electron chi connectivity index (χ1n) is 7.05. The van der Waals surface area contributed by atoms with Crippen LogP contribution in [0.2, 0.25) is 0 Å². The number of ether oxygens (including phenoxy) is 2. The van der Waals surface area contributed by atoms with Gasteiger partial charge in [0, 0.05) is 18.4 Å². The van der Waals surface area contributed by atoms with Gasteiger partial charge in [-0.05, 0) is 31.2 Å². The third-order valence-corrected chi connectivity index (χ3v) is 2.74. The van der Waals surface area contributed by atoms with E-state index in [1.165, 1.54) is 13.3 Å². The van der Waals surface area contributed by atoms with Gasteiger partial charge in [-0.2, -0.15) is 5.26 Å². The van der Waals surface area contributed by atoms with E-state index in [0.29, 0.717) is 18.0 Å². The molecule has 1 rings (SSSR count). The van der Waals surface area contributed by atoms with Crippen LogP contribution in [0.1, 0.15) is 13.3 Å². The fourth-order valence-corrected chi connectivity index (χ4v) is 1.60. The van der Waals surface area contributed by atoms with E-state index < -0.39 is 5.91 Å². The van der Waals surface area contributed by atoms with Crippen LogP contribution in [0.4, 0.5) is 5.69 Å². The molecule has 0 aliphatic heterocycles. The lowest BCUT2D eigenvalue weighted by molar-refractivity contribution is -0.140. The molecule has 7 nitrogen and oxygen atoms in total. The van der Waals surface area contributed by atoms with Crippen molar-refractivity contribution >= 4 is 17.6 Å². The van der Waals surface area contributed by atoms with Gasteiger partial charge in [-0.3, -0.25) is 9.59 Å². The fourth-order valence-electron chi connectivity index (χ4n) is 1.60. The molecular formula is C16H19N3O4. The molecule has 0 radical (unpaired) electrons. The SMILES string of the molecule is CCOc1ccc(NC(=O)/C(C#N)=C\NCCC(=O)OC)cc1. The third kappa shape index (κ3) is 6.52. The Labute approximate surface area is 134 Å². The standard InChI is InChI=1S/C16H19N3O4/c1-3-23-14-6-4-13(5-7-14)19-16(21)12(10-17)11-18-9-8-15(20)22-2/h4-7,11,18H,3,8-9H2,1-2H3,(H,19,21)/b12-11-. The number of nitrogens with one attached hydrogen (secondary N) is 2. The van der Waals surface area contributed by atoms with Crippen molar-refractivity contribution < 1.29 is 19.1 Å². The van der Waals surface area contributed by atoms with E-state index >= 15 is 0 Å². The van der Waals surface area contributed by atoms with Gasteiger partial charge >= 0.3 is 5.97 Å². The van der Waals surface area contributed by atoms with Gasteiger partial charge in [0.05, 0.1) is 20.1 Å². The lowest BCUT2D eigenvalue weighted by Gasteiger charge is -2.07. The number of carbonyl (C=O) groups excluding carboxylic acids is 2. The van der Waals surface area contributed by atoms with Crippen LogP contribution < -0.4 is 15.4 Å². The minimum Gasteiger partial charge on any atom is -0.494 e. The number of hydrogen-bond donors (Lipinski definition) is 2. The highest BCUT2D eigenvalue weighted by Crippen LogP contribution is 2.16. The first kappa shape index (κ1) is 18.0. The second kappa shape index (κ2) is 9.84. The first-order valence-corrected chi connectivity index (χ1v) is 7.05. The van der Waals surface area contributed by atoms with Crippen molar-refractivity contribution in [3.8, 4) is 11.8 Å². The van der Waals surface area contributed by atoms with Crippen molar-refractivity contribution in [2.24, 2.45) is 0 Å². The average Bonchev–Trinajstić information content (AvgIpc) is 2.56. The van der Waals surface area contributed by atoms with Crippen molar-refractivity contribution in [3.05, 3.63) is 36.0 Å². The summed E-state index contributed by atoms with van der Waals surface area (Å²) in [5, 5.41) is 14.3. The summed E-state index contributed by atoms with van der Waals surface area (Å²) in [6.45, 7) is 2.71. The van der Waals surface area contributed by atoms with E-state index in [4.69, 9.17) is 10.00 Å². The molecule has 1 aromatic carbocycles. The molecule has 0 saturated heterocycles. The smallest absolute Gasteiger partial charge is 0.307 e. The van der Waals surface area contributed by atoms with Crippen LogP contribution >= 0.6 is 0 Å². The maximum absolute atomic E-state index is 12.0. The highest BCUT2D eigenvalue weighted by atomic mass is 16.5. The lowest BCUT2D eigenvalue weighted by Crippen LogP contribution is -2.18. The largest absolute Gasteiger partial charge is 0.494 e. The van der Waals surface area contributed by atoms with Crippen molar-refractivity contribution in [1.82, 2.24) is 5.32 Å². The Morgan fingerprint density at radius 3 is 2.57 bits per heavy atom. The highest BCUT2D eigenvalue weighted by Gasteiger charge is 2.09. The Bertz CT molecular complexity index is 603. The molecule has 0 spiro atoms. The maximum Gasteiger partial charge on any atom is 0.307 e. The summed E-state index contributed by atoms with van der Waals surface area (Å²) in [6, 6.07) is 8.62. The van der Waals surface area contributed by atoms with E-state index in [1.54, 1.807) is 30.3 Å². The summed E-state index contributed by atoms with van der Waals surface area (Å²) in [7, 11) is 1.29. The van der Waals surface area contributed by atoms with Gasteiger partial charge in [0.1, 0.15) is 17.4 Å². The Morgan fingerprint density at radius 2 is 2.00 bits per heavy atom. The Hall–Kier alpha value is -3.01. The van der Waals surface area contributed by atoms with Crippen LogP contribution in [-0.4, -0.2) is 32.1 Å². The summed E-state index contributed by atoms with van der Waals surface area (Å²) < 4.78 is 9.79. The van der Waals surface area contributed by atoms with Crippen molar-refractivity contribution in [2.45, 2.75) is 13.3 Å². The minimum atomic E-state index is -0.540. The zero-order valence-corrected chi connectivity index (χ0v) is 13.1. The van der Waals surface area contributed by atoms with Gasteiger partial charge < -0.3 is 20.1 Å². The Kier molecular flexibility index (Phi) is 7.72. The zero-order valence-electron chi connectivity index (χ0n) is 13.1. The molecule has 1 amide bonds. The van der Waals surface area contributed by atoms with E-state index in [0.717, 1.165) is 0 Å². The van der Waals surface area contributed by atoms with E-state index in [-0.39, 0.29) is 24.5 Å². The number of amides is 1. The minimum absolute atomic E-state index is 0.0937. The molecule has 2 N–H and O–H groups in total. The number of methoxy groups -OCH3 is 1. The number of nitriles is 1. The van der Waals surface area contributed by atoms with Crippen molar-refractivity contribution in [3.63, 3.8) is 0 Å². The second-order valence-corrected chi connectivity index (χ2v) is 4.36. The molecule has 0 unspecified atom stereocenters. The van der Waals surface area contributed by atoms with Gasteiger partial charge in [-0.1, -0.05) is 0 Å². The number of benzene rings is 1. The van der Waals surface area contributed by atoms with Gasteiger partial charge in [0.2, 0.25) is 0 Å². The summed E-state index contributed by atoms with van der Waals surface area (Å²) in [6.07, 6.45) is 1.42. The van der Waals surface area contributed by atoms with Gasteiger partial charge in [-0.15, -0.1) is 0 Å². The van der Waals surface area contributed by atoms with Crippen LogP contribution in [0, 0.1) is 11.3 Å². The molecule has 0 heterocycles. The molecule has 0 saturated carbocycles. The predicted molar refractivity (Wildman–Crippen MR) is 84.6 cm³/mol. The summed E-state index contributed by atoms with van der Waals surface area (Å²) in [5.74, 6) is -0.212. The van der Waals surface area contributed by atoms with Crippen molar-refractivity contribution in [1.29, 1.82) is 5.26 Å². The fraction of sp³-hybridized carbons (Fsp3) is 0.312. The van der Waals surface area contributed by atoms with Crippen LogP contribution in [0.25, 0.3) is 0 Å². The summed E-state index contributed by atoms with van der Waals surface area (Å²) in [4.78, 5) is 22.9. The monoisotopic (exact) mass is 317 g/mol. The first-order chi connectivity index (χ1) is 11.1. The topological polar surface area (TPSA) is 100 Å². The number of hydrogen-bond acceptors (Lipinski definition) is 6. The van der Waals surface area contributed by atoms with E-state index in [9.17, 15) is 9.59 Å². The molecule has 23 heavy (non-hydrogen) atoms. The number of carbonyl (C=O) groups is 2. The summed E-state index contributed by atoms with van der Waals surface area (Å²) in [5.41, 5.74) is 0.456. The highest BCUT2D eigenvalue weighted by molar-refractivity contribution is 6.06. The third-order valence-electron chi connectivity index (χ3n) is 2.74. The van der Waals surface area contributed by atoms with Crippen LogP contribution in [-0.2, 0) is 14.3 Å². The molecule has 0 fully saturated rings. The molecule has 7 heteroatoms. The predicted octanol–water partition coefficient (Wildman–Crippen LogP) is 1.58. The zero-order chi connectivity index (χ0) is 17.1. The molecule has 0 aromatic heterocycles. The van der Waals surface area contributed by atoms with Crippen molar-refractivity contribution in [2.75, 3.05) is 25.6 Å². The van der Waals surface area contributed by atoms with E-state index in [1.807, 2.05) is 6.92 Å². The average molecular weight is 317 g/mol. The molecule has 0 atom stereocenters. The number of anilines is 1. The number of esters is 1. The Balaban J connectivity index is 2.56. The molecule has 122 valence electrons. The second-order valence-electron chi connectivity index (χ2n) is 4.36. The van der Waals surface area contributed by atoms with Gasteiger partial charge in [0.25, 0.3) is 5.91 Å². The number of rotatable bonds is 8. The molecule has 0 aliphatic carbocycles. The maximum atomic E-state index is 12.0. The van der Waals surface area contributed by atoms with Crippen LogP contribution in [0.5, 0.6) is 5.75 Å². The summed E-state index contributed by atoms with van der Waals surface area (Å²) >= 11 is 0. The van der Waals surface area contributed by atoms with E-state index in [2.05, 4.69) is 15.4 Å². The van der Waals surface area contributed by atoms with Gasteiger partial charge in [0.15, 0.2) is 0 Å². The molecule has 0 aliphatic rings. The van der Waals surface area contributed by atoms with Gasteiger partial charge in [-0.25, -0.2) is 0 Å². The molecule has 1 aromatic rings. The number of nitrogens with zero attached hydrogens (tertiary/aromatic N) is 1.